The summed E-state index contributed by atoms with van der Waals surface area (Å²) in [5.74, 6) is 2.44. The predicted octanol–water partition coefficient (Wildman–Crippen LogP) is 6.88. The third-order valence-corrected chi connectivity index (χ3v) is 6.44. The quantitative estimate of drug-likeness (QED) is 0.155. The number of carbonyl (C=O) groups excluding carboxylic acids is 3. The van der Waals surface area contributed by atoms with Gasteiger partial charge in [-0.15, -0.1) is 12.6 Å². The van der Waals surface area contributed by atoms with Crippen LogP contribution in [-0.2, 0) is 9.59 Å². The number of nitrogens with one attached hydrogen (secondary N) is 1. The molecule has 1 N–H and O–H groups in total. The second-order valence-corrected chi connectivity index (χ2v) is 10.3. The van der Waals surface area contributed by atoms with Crippen molar-refractivity contribution in [2.24, 2.45) is 17.8 Å². The van der Waals surface area contributed by atoms with Gasteiger partial charge in [0.15, 0.2) is 11.5 Å². The molecule has 1 aromatic rings. The summed E-state index contributed by atoms with van der Waals surface area (Å²) < 4.78 is 5.84. The van der Waals surface area contributed by atoms with Crippen LogP contribution in [0.2, 0.25) is 0 Å². The molecular formula is C27H43NO4S. The number of furan rings is 1. The van der Waals surface area contributed by atoms with E-state index in [1.807, 2.05) is 0 Å². The van der Waals surface area contributed by atoms with Crippen molar-refractivity contribution in [2.75, 3.05) is 6.54 Å². The summed E-state index contributed by atoms with van der Waals surface area (Å²) in [6.07, 6.45) is 8.13. The van der Waals surface area contributed by atoms with Crippen molar-refractivity contribution >= 4 is 35.0 Å². The van der Waals surface area contributed by atoms with E-state index in [4.69, 9.17) is 4.42 Å². The van der Waals surface area contributed by atoms with Crippen molar-refractivity contribution in [1.29, 1.82) is 0 Å². The van der Waals surface area contributed by atoms with Gasteiger partial charge in [0.1, 0.15) is 5.76 Å². The zero-order chi connectivity index (χ0) is 25.0. The lowest BCUT2D eigenvalue weighted by Gasteiger charge is -2.14. The highest BCUT2D eigenvalue weighted by atomic mass is 32.1. The fraction of sp³-hybridized carbons (Fsp3) is 0.667. The number of ketones is 1. The topological polar surface area (TPSA) is 76.4 Å². The number of thiol groups is 1. The summed E-state index contributed by atoms with van der Waals surface area (Å²) in [4.78, 5) is 35.7. The van der Waals surface area contributed by atoms with E-state index >= 15 is 0 Å². The van der Waals surface area contributed by atoms with Gasteiger partial charge in [-0.25, -0.2) is 0 Å². The third kappa shape index (κ3) is 11.7. The molecule has 0 aliphatic carbocycles. The van der Waals surface area contributed by atoms with E-state index in [1.165, 1.54) is 32.6 Å². The van der Waals surface area contributed by atoms with Gasteiger partial charge >= 0.3 is 0 Å². The van der Waals surface area contributed by atoms with Crippen molar-refractivity contribution < 1.29 is 18.8 Å². The zero-order valence-corrected chi connectivity index (χ0v) is 22.2. The van der Waals surface area contributed by atoms with E-state index in [2.05, 4.69) is 45.6 Å². The molecule has 0 saturated heterocycles. The highest BCUT2D eigenvalue weighted by Gasteiger charge is 2.19. The Labute approximate surface area is 205 Å². The lowest BCUT2D eigenvalue weighted by atomic mass is 9.92. The average molecular weight is 478 g/mol. The van der Waals surface area contributed by atoms with Crippen molar-refractivity contribution in [3.05, 3.63) is 29.2 Å². The molecule has 0 aliphatic rings. The van der Waals surface area contributed by atoms with Crippen molar-refractivity contribution in [2.45, 2.75) is 92.9 Å². The minimum absolute atomic E-state index is 0.0187. The van der Waals surface area contributed by atoms with Crippen LogP contribution in [0, 0.1) is 17.8 Å². The van der Waals surface area contributed by atoms with Crippen LogP contribution in [0.5, 0.6) is 0 Å². The van der Waals surface area contributed by atoms with Gasteiger partial charge in [0.2, 0.25) is 11.0 Å². The Kier molecular flexibility index (Phi) is 13.4. The fourth-order valence-electron chi connectivity index (χ4n) is 3.99. The first-order valence-electron chi connectivity index (χ1n) is 12.3. The summed E-state index contributed by atoms with van der Waals surface area (Å²) in [7, 11) is 0. The molecule has 0 radical (unpaired) electrons. The third-order valence-electron chi connectivity index (χ3n) is 6.11. The summed E-state index contributed by atoms with van der Waals surface area (Å²) in [5.41, 5.74) is 1.11. The van der Waals surface area contributed by atoms with Gasteiger partial charge in [-0.05, 0) is 43.2 Å². The maximum atomic E-state index is 12.8. The molecular weight excluding hydrogens is 434 g/mol. The Morgan fingerprint density at radius 1 is 0.909 bits per heavy atom. The van der Waals surface area contributed by atoms with Gasteiger partial charge in [-0.1, -0.05) is 66.2 Å². The summed E-state index contributed by atoms with van der Waals surface area (Å²) in [5, 5.41) is 2.36. The first kappa shape index (κ1) is 29.2. The van der Waals surface area contributed by atoms with Gasteiger partial charge in [0.25, 0.3) is 0 Å². The van der Waals surface area contributed by atoms with Crippen LogP contribution in [0.25, 0.3) is 5.57 Å². The largest absolute Gasteiger partial charge is 0.453 e. The van der Waals surface area contributed by atoms with E-state index in [0.717, 1.165) is 24.7 Å². The first-order valence-corrected chi connectivity index (χ1v) is 12.8. The Morgan fingerprint density at radius 3 is 2.06 bits per heavy atom. The van der Waals surface area contributed by atoms with Gasteiger partial charge in [0.05, 0.1) is 0 Å². The van der Waals surface area contributed by atoms with Crippen molar-refractivity contribution in [3.63, 3.8) is 0 Å². The first-order chi connectivity index (χ1) is 15.5. The molecule has 0 fully saturated rings. The molecule has 0 aromatic carbocycles. The summed E-state index contributed by atoms with van der Waals surface area (Å²) >= 11 is 3.92. The van der Waals surface area contributed by atoms with E-state index in [1.54, 1.807) is 19.1 Å². The molecule has 1 amide bonds. The molecule has 33 heavy (non-hydrogen) atoms. The van der Waals surface area contributed by atoms with Gasteiger partial charge < -0.3 is 9.73 Å². The van der Waals surface area contributed by atoms with Gasteiger partial charge in [0, 0.05) is 31.0 Å². The minimum atomic E-state index is -0.357. The number of carbonyl (C=O) groups is 3. The van der Waals surface area contributed by atoms with Gasteiger partial charge in [-0.2, -0.15) is 0 Å². The standard InChI is InChI=1S/C27H43NO4S/c1-18(2)9-7-10-19(3)11-8-12-20(4)17-24(30)26-14-13-25(32-26)23(21(5)27(31)33)15-16-28-22(6)29/h13-14,18-20H,7-12,15-17H2,1-6H3,(H,28,29)(H,31,33). The molecule has 1 aromatic heterocycles. The molecule has 0 spiro atoms. The molecule has 0 saturated carbocycles. The number of amides is 1. The molecule has 0 aliphatic heterocycles. The maximum Gasteiger partial charge on any atom is 0.216 e. The highest BCUT2D eigenvalue weighted by Crippen LogP contribution is 2.27. The zero-order valence-electron chi connectivity index (χ0n) is 21.3. The van der Waals surface area contributed by atoms with E-state index < -0.39 is 0 Å². The number of rotatable bonds is 16. The summed E-state index contributed by atoms with van der Waals surface area (Å²) in [6, 6.07) is 3.40. The smallest absolute Gasteiger partial charge is 0.216 e. The van der Waals surface area contributed by atoms with Gasteiger partial charge in [-0.3, -0.25) is 14.4 Å². The second kappa shape index (κ2) is 15.2. The van der Waals surface area contributed by atoms with Crippen LogP contribution < -0.4 is 5.32 Å². The van der Waals surface area contributed by atoms with E-state index in [0.29, 0.717) is 48.0 Å². The van der Waals surface area contributed by atoms with Crippen LogP contribution >= 0.6 is 12.6 Å². The molecule has 0 bridgehead atoms. The number of hydrogen-bond acceptors (Lipinski definition) is 4. The van der Waals surface area contributed by atoms with Crippen molar-refractivity contribution in [1.82, 2.24) is 5.32 Å². The fourth-order valence-corrected chi connectivity index (χ4v) is 4.13. The molecule has 186 valence electrons. The van der Waals surface area contributed by atoms with Crippen LogP contribution in [0.4, 0.5) is 0 Å². The summed E-state index contributed by atoms with van der Waals surface area (Å²) in [6.45, 7) is 12.5. The molecule has 2 atom stereocenters. The SMILES string of the molecule is CC(=O)NCCC(=C(C)C(=O)S)c1ccc(C(=O)CC(C)CCCC(C)CCCC(C)C)o1. The van der Waals surface area contributed by atoms with Crippen LogP contribution in [0.1, 0.15) is 109 Å². The normalized spacial score (nSPS) is 14.1. The van der Waals surface area contributed by atoms with Crippen LogP contribution in [0.15, 0.2) is 22.1 Å². The van der Waals surface area contributed by atoms with Crippen molar-refractivity contribution in [3.8, 4) is 0 Å². The van der Waals surface area contributed by atoms with Crippen LogP contribution in [-0.4, -0.2) is 23.4 Å². The molecule has 6 heteroatoms. The van der Waals surface area contributed by atoms with E-state index in [-0.39, 0.29) is 16.8 Å². The highest BCUT2D eigenvalue weighted by molar-refractivity contribution is 7.97. The Morgan fingerprint density at radius 2 is 1.48 bits per heavy atom. The Balaban J connectivity index is 2.61. The lowest BCUT2D eigenvalue weighted by molar-refractivity contribution is -0.118. The maximum absolute atomic E-state index is 12.8. The predicted molar refractivity (Wildman–Crippen MR) is 138 cm³/mol. The molecule has 5 nitrogen and oxygen atoms in total. The Bertz CT molecular complexity index is 809. The second-order valence-electron chi connectivity index (χ2n) is 9.90. The number of hydrogen-bond donors (Lipinski definition) is 2. The Hall–Kier alpha value is -1.82. The molecule has 2 unspecified atom stereocenters. The molecule has 1 rings (SSSR count). The van der Waals surface area contributed by atoms with E-state index in [9.17, 15) is 14.4 Å². The number of Topliss-reactive ketones (excluding diaryl/α,β-unsaturated/α-hetero) is 1. The molecule has 1 heterocycles. The minimum Gasteiger partial charge on any atom is -0.453 e. The monoisotopic (exact) mass is 477 g/mol. The van der Waals surface area contributed by atoms with Crippen LogP contribution in [0.3, 0.4) is 0 Å². The average Bonchev–Trinajstić information content (AvgIpc) is 3.20. The lowest BCUT2D eigenvalue weighted by Crippen LogP contribution is -2.21.